The average Bonchev–Trinajstić information content (AvgIpc) is 1.95. The summed E-state index contributed by atoms with van der Waals surface area (Å²) in [6.07, 6.45) is -3.76. The molecule has 0 aromatic rings. The third-order valence-corrected chi connectivity index (χ3v) is 1.51. The molecule has 0 saturated carbocycles. The first kappa shape index (κ1) is 16.9. The predicted molar refractivity (Wildman–Crippen MR) is 36.0 cm³/mol. The SMILES string of the molecule is O=C(O)CCCC(C(=O)[O-])C(F)F.[K+]. The smallest absolute Gasteiger partial charge is 0.550 e. The first-order valence-corrected chi connectivity index (χ1v) is 3.66. The Balaban J connectivity index is 0. The van der Waals surface area contributed by atoms with Crippen LogP contribution in [0.25, 0.3) is 0 Å². The molecule has 0 aliphatic rings. The summed E-state index contributed by atoms with van der Waals surface area (Å²) in [5.74, 6) is -4.83. The molecule has 0 aromatic carbocycles. The Hall–Kier alpha value is 0.436. The van der Waals surface area contributed by atoms with Crippen molar-refractivity contribution in [3.8, 4) is 0 Å². The molecule has 0 aliphatic carbocycles. The molecule has 0 aliphatic heterocycles. The van der Waals surface area contributed by atoms with E-state index in [-0.39, 0.29) is 70.6 Å². The van der Waals surface area contributed by atoms with Gasteiger partial charge in [-0.15, -0.1) is 0 Å². The molecule has 0 aromatic heterocycles. The molecule has 0 radical (unpaired) electrons. The molecule has 0 amide bonds. The number of carbonyl (C=O) groups excluding carboxylic acids is 1. The predicted octanol–water partition coefficient (Wildman–Crippen LogP) is -3.12. The van der Waals surface area contributed by atoms with Crippen LogP contribution >= 0.6 is 0 Å². The van der Waals surface area contributed by atoms with Gasteiger partial charge in [-0.05, 0) is 12.8 Å². The standard InChI is InChI=1S/C7H10F2O4.K/c8-6(9)4(7(12)13)2-1-3-5(10)11;/h4,6H,1-3H2,(H,10,11)(H,12,13);/q;+1/p-1. The van der Waals surface area contributed by atoms with Crippen molar-refractivity contribution >= 4 is 11.9 Å². The van der Waals surface area contributed by atoms with E-state index in [1.165, 1.54) is 0 Å². The van der Waals surface area contributed by atoms with E-state index in [9.17, 15) is 23.5 Å². The van der Waals surface area contributed by atoms with Gasteiger partial charge in [0.1, 0.15) is 0 Å². The van der Waals surface area contributed by atoms with Crippen LogP contribution in [0.15, 0.2) is 0 Å². The molecule has 0 spiro atoms. The molecule has 0 saturated heterocycles. The normalized spacial score (nSPS) is 11.9. The van der Waals surface area contributed by atoms with E-state index >= 15 is 0 Å². The fourth-order valence-corrected chi connectivity index (χ4v) is 0.820. The van der Waals surface area contributed by atoms with Crippen molar-refractivity contribution in [2.24, 2.45) is 5.92 Å². The minimum atomic E-state index is -3.00. The van der Waals surface area contributed by atoms with E-state index in [1.54, 1.807) is 0 Å². The Morgan fingerprint density at radius 1 is 1.36 bits per heavy atom. The molecule has 0 heterocycles. The van der Waals surface area contributed by atoms with Crippen LogP contribution in [0.2, 0.25) is 0 Å². The van der Waals surface area contributed by atoms with E-state index in [1.807, 2.05) is 0 Å². The molecule has 4 nitrogen and oxygen atoms in total. The van der Waals surface area contributed by atoms with Crippen LogP contribution in [0, 0.1) is 5.92 Å². The van der Waals surface area contributed by atoms with Gasteiger partial charge in [-0.25, -0.2) is 8.78 Å². The second kappa shape index (κ2) is 8.72. The fraction of sp³-hybridized carbons (Fsp3) is 0.714. The molecule has 1 unspecified atom stereocenters. The zero-order valence-corrected chi connectivity index (χ0v) is 10.8. The molecule has 0 bridgehead atoms. The van der Waals surface area contributed by atoms with E-state index in [0.717, 1.165) is 0 Å². The van der Waals surface area contributed by atoms with Crippen molar-refractivity contribution in [2.45, 2.75) is 25.7 Å². The zero-order valence-electron chi connectivity index (χ0n) is 7.70. The van der Waals surface area contributed by atoms with Crippen LogP contribution in [-0.2, 0) is 9.59 Å². The molecule has 14 heavy (non-hydrogen) atoms. The van der Waals surface area contributed by atoms with Crippen molar-refractivity contribution in [1.82, 2.24) is 0 Å². The fourth-order valence-electron chi connectivity index (χ4n) is 0.820. The molecule has 1 atom stereocenters. The Labute approximate surface area is 122 Å². The number of rotatable bonds is 6. The van der Waals surface area contributed by atoms with Crippen LogP contribution in [0.3, 0.4) is 0 Å². The largest absolute Gasteiger partial charge is 1.00 e. The van der Waals surface area contributed by atoms with E-state index in [4.69, 9.17) is 5.11 Å². The minimum Gasteiger partial charge on any atom is -0.550 e. The monoisotopic (exact) mass is 234 g/mol. The summed E-state index contributed by atoms with van der Waals surface area (Å²) < 4.78 is 23.8. The first-order valence-electron chi connectivity index (χ1n) is 3.66. The number of aliphatic carboxylic acids is 2. The molecule has 0 rings (SSSR count). The number of halogens is 2. The Morgan fingerprint density at radius 2 is 1.86 bits per heavy atom. The van der Waals surface area contributed by atoms with E-state index in [0.29, 0.717) is 0 Å². The van der Waals surface area contributed by atoms with Crippen molar-refractivity contribution in [2.75, 3.05) is 0 Å². The summed E-state index contributed by atoms with van der Waals surface area (Å²) >= 11 is 0. The van der Waals surface area contributed by atoms with Crippen LogP contribution in [0.4, 0.5) is 8.78 Å². The number of carboxylic acids is 2. The maximum Gasteiger partial charge on any atom is 1.00 e. The third-order valence-electron chi connectivity index (χ3n) is 1.51. The van der Waals surface area contributed by atoms with Crippen LogP contribution in [0.1, 0.15) is 19.3 Å². The quantitative estimate of drug-likeness (QED) is 0.493. The number of hydrogen-bond acceptors (Lipinski definition) is 3. The topological polar surface area (TPSA) is 77.4 Å². The second-order valence-electron chi connectivity index (χ2n) is 2.55. The maximum absolute atomic E-state index is 11.9. The second-order valence-corrected chi connectivity index (χ2v) is 2.55. The van der Waals surface area contributed by atoms with Gasteiger partial charge in [0, 0.05) is 6.42 Å². The number of alkyl halides is 2. The van der Waals surface area contributed by atoms with Crippen molar-refractivity contribution in [3.63, 3.8) is 0 Å². The zero-order chi connectivity index (χ0) is 10.4. The van der Waals surface area contributed by atoms with Crippen LogP contribution in [-0.4, -0.2) is 23.5 Å². The van der Waals surface area contributed by atoms with E-state index < -0.39 is 24.3 Å². The Kier molecular flexibility index (Phi) is 10.5. The van der Waals surface area contributed by atoms with Gasteiger partial charge in [0.25, 0.3) is 0 Å². The number of hydrogen-bond donors (Lipinski definition) is 1. The molecule has 0 fully saturated rings. The van der Waals surface area contributed by atoms with Gasteiger partial charge in [-0.2, -0.15) is 0 Å². The van der Waals surface area contributed by atoms with Gasteiger partial charge in [0.2, 0.25) is 6.43 Å². The van der Waals surface area contributed by atoms with Crippen LogP contribution < -0.4 is 56.5 Å². The Morgan fingerprint density at radius 3 is 2.14 bits per heavy atom. The summed E-state index contributed by atoms with van der Waals surface area (Å²) in [5, 5.41) is 18.2. The van der Waals surface area contributed by atoms with Crippen molar-refractivity contribution in [3.05, 3.63) is 0 Å². The van der Waals surface area contributed by atoms with Crippen LogP contribution in [0.5, 0.6) is 0 Å². The molecule has 7 heteroatoms. The first-order chi connectivity index (χ1) is 5.95. The summed E-state index contributed by atoms with van der Waals surface area (Å²) in [5.41, 5.74) is 0. The molecule has 1 N–H and O–H groups in total. The van der Waals surface area contributed by atoms with Gasteiger partial charge in [0.05, 0.1) is 11.9 Å². The van der Waals surface area contributed by atoms with Gasteiger partial charge < -0.3 is 15.0 Å². The third kappa shape index (κ3) is 7.80. The number of carboxylic acid groups (broad SMARTS) is 2. The van der Waals surface area contributed by atoms with Gasteiger partial charge in [0.15, 0.2) is 0 Å². The maximum atomic E-state index is 11.9. The van der Waals surface area contributed by atoms with Crippen molar-refractivity contribution < 1.29 is 80.0 Å². The minimum absolute atomic E-state index is 0. The Bertz CT molecular complexity index is 198. The average molecular weight is 234 g/mol. The summed E-state index contributed by atoms with van der Waals surface area (Å²) in [7, 11) is 0. The summed E-state index contributed by atoms with van der Waals surface area (Å²) in [6.45, 7) is 0. The number of carbonyl (C=O) groups is 2. The summed E-state index contributed by atoms with van der Waals surface area (Å²) in [6, 6.07) is 0. The molecule has 76 valence electrons. The van der Waals surface area contributed by atoms with Gasteiger partial charge >= 0.3 is 57.4 Å². The molecular weight excluding hydrogens is 225 g/mol. The summed E-state index contributed by atoms with van der Waals surface area (Å²) in [4.78, 5) is 20.0. The van der Waals surface area contributed by atoms with Gasteiger partial charge in [-0.1, -0.05) is 0 Å². The van der Waals surface area contributed by atoms with E-state index in [2.05, 4.69) is 0 Å². The van der Waals surface area contributed by atoms with Crippen molar-refractivity contribution in [1.29, 1.82) is 0 Å². The van der Waals surface area contributed by atoms with Gasteiger partial charge in [-0.3, -0.25) is 4.79 Å². The molecular formula is C7H9F2KO4.